The van der Waals surface area contributed by atoms with Crippen molar-refractivity contribution in [3.8, 4) is 0 Å². The molecule has 1 saturated heterocycles. The number of hydrogen-bond acceptors (Lipinski definition) is 3. The van der Waals surface area contributed by atoms with Crippen LogP contribution in [0.15, 0.2) is 4.99 Å². The molecule has 1 fully saturated rings. The Kier molecular flexibility index (Phi) is 2.36. The minimum absolute atomic E-state index is 1.06. The molecule has 2 nitrogen and oxygen atoms in total. The van der Waals surface area contributed by atoms with E-state index in [9.17, 15) is 0 Å². The summed E-state index contributed by atoms with van der Waals surface area (Å²) >= 11 is 1.97. The van der Waals surface area contributed by atoms with E-state index >= 15 is 0 Å². The van der Waals surface area contributed by atoms with E-state index in [1.165, 1.54) is 43.8 Å². The molecule has 2 rings (SSSR count). The van der Waals surface area contributed by atoms with E-state index in [4.69, 9.17) is 0 Å². The maximum Gasteiger partial charge on any atom is 0.109 e. The van der Waals surface area contributed by atoms with Gasteiger partial charge in [0.25, 0.3) is 0 Å². The zero-order valence-corrected chi connectivity index (χ0v) is 7.57. The Hall–Kier alpha value is -0.180. The highest BCUT2D eigenvalue weighted by molar-refractivity contribution is 7.97. The largest absolute Gasteiger partial charge is 0.304 e. The molecule has 0 aliphatic carbocycles. The molecule has 2 aliphatic rings. The summed E-state index contributed by atoms with van der Waals surface area (Å²) in [4.78, 5) is 4.53. The van der Waals surface area contributed by atoms with Gasteiger partial charge in [-0.1, -0.05) is 0 Å². The highest BCUT2D eigenvalue weighted by Gasteiger charge is 2.17. The van der Waals surface area contributed by atoms with E-state index in [0.29, 0.717) is 0 Å². The van der Waals surface area contributed by atoms with Crippen molar-refractivity contribution in [3.63, 3.8) is 0 Å². The molecule has 62 valence electrons. The predicted octanol–water partition coefficient (Wildman–Crippen LogP) is 1.92. The Morgan fingerprint density at radius 3 is 3.27 bits per heavy atom. The van der Waals surface area contributed by atoms with Crippen LogP contribution >= 0.6 is 11.9 Å². The fourth-order valence-electron chi connectivity index (χ4n) is 1.53. The fraction of sp³-hybridized carbons (Fsp3) is 0.875. The molecule has 0 bridgehead atoms. The van der Waals surface area contributed by atoms with Crippen LogP contribution < -0.4 is 0 Å². The van der Waals surface area contributed by atoms with E-state index in [1.54, 1.807) is 0 Å². The molecular weight excluding hydrogens is 156 g/mol. The monoisotopic (exact) mass is 170 g/mol. The Morgan fingerprint density at radius 1 is 1.27 bits per heavy atom. The molecule has 0 aromatic heterocycles. The summed E-state index contributed by atoms with van der Waals surface area (Å²) in [6, 6.07) is 0. The van der Waals surface area contributed by atoms with E-state index in [2.05, 4.69) is 9.30 Å². The van der Waals surface area contributed by atoms with Gasteiger partial charge in [-0.2, -0.15) is 0 Å². The van der Waals surface area contributed by atoms with Gasteiger partial charge in [0.1, 0.15) is 5.84 Å². The number of nitrogens with zero attached hydrogens (tertiary/aromatic N) is 2. The third-order valence-electron chi connectivity index (χ3n) is 2.14. The lowest BCUT2D eigenvalue weighted by Crippen LogP contribution is -2.28. The fourth-order valence-corrected chi connectivity index (χ4v) is 2.64. The van der Waals surface area contributed by atoms with Crippen LogP contribution in [0, 0.1) is 0 Å². The van der Waals surface area contributed by atoms with Gasteiger partial charge in [-0.05, 0) is 31.2 Å². The van der Waals surface area contributed by atoms with Crippen LogP contribution in [0.25, 0.3) is 0 Å². The molecule has 0 amide bonds. The van der Waals surface area contributed by atoms with Crippen LogP contribution in [-0.2, 0) is 0 Å². The zero-order valence-electron chi connectivity index (χ0n) is 6.75. The van der Waals surface area contributed by atoms with Gasteiger partial charge in [0, 0.05) is 25.3 Å². The van der Waals surface area contributed by atoms with Crippen LogP contribution in [0.4, 0.5) is 0 Å². The summed E-state index contributed by atoms with van der Waals surface area (Å²) in [5.41, 5.74) is 0. The number of hydrogen-bond donors (Lipinski definition) is 0. The third-order valence-corrected chi connectivity index (χ3v) is 3.32. The minimum Gasteiger partial charge on any atom is -0.304 e. The predicted molar refractivity (Wildman–Crippen MR) is 49.9 cm³/mol. The molecule has 0 unspecified atom stereocenters. The van der Waals surface area contributed by atoms with Crippen LogP contribution in [0.2, 0.25) is 0 Å². The molecule has 3 heteroatoms. The molecule has 0 N–H and O–H groups in total. The zero-order chi connectivity index (χ0) is 7.52. The Balaban J connectivity index is 2.07. The molecule has 0 spiro atoms. The Bertz CT molecular complexity index is 167. The summed E-state index contributed by atoms with van der Waals surface area (Å²) in [5.74, 6) is 2.65. The standard InChI is InChI=1S/C8H14N2S/c1-2-7-11-10-6-3-5-9-8(10)4-1/h1-7H2. The first-order chi connectivity index (χ1) is 5.47. The molecule has 0 aromatic carbocycles. The second kappa shape index (κ2) is 3.48. The topological polar surface area (TPSA) is 15.6 Å². The first-order valence-corrected chi connectivity index (χ1v) is 5.35. The highest BCUT2D eigenvalue weighted by atomic mass is 32.2. The van der Waals surface area contributed by atoms with Crippen molar-refractivity contribution in [1.29, 1.82) is 0 Å². The van der Waals surface area contributed by atoms with Crippen molar-refractivity contribution in [2.45, 2.75) is 25.7 Å². The Labute approximate surface area is 72.2 Å². The van der Waals surface area contributed by atoms with E-state index < -0.39 is 0 Å². The van der Waals surface area contributed by atoms with Crippen LogP contribution in [0.3, 0.4) is 0 Å². The molecule has 11 heavy (non-hydrogen) atoms. The van der Waals surface area contributed by atoms with Gasteiger partial charge < -0.3 is 4.31 Å². The average molecular weight is 170 g/mol. The van der Waals surface area contributed by atoms with E-state index in [1.807, 2.05) is 11.9 Å². The minimum atomic E-state index is 1.06. The second-order valence-corrected chi connectivity index (χ2v) is 4.15. The summed E-state index contributed by atoms with van der Waals surface area (Å²) in [6.45, 7) is 2.29. The van der Waals surface area contributed by atoms with Gasteiger partial charge in [-0.3, -0.25) is 4.99 Å². The van der Waals surface area contributed by atoms with Crippen molar-refractivity contribution < 1.29 is 0 Å². The second-order valence-electron chi connectivity index (χ2n) is 3.04. The molecule has 2 aliphatic heterocycles. The van der Waals surface area contributed by atoms with Crippen LogP contribution in [0.5, 0.6) is 0 Å². The first-order valence-electron chi connectivity index (χ1n) is 4.40. The normalized spacial score (nSPS) is 25.5. The maximum atomic E-state index is 4.53. The van der Waals surface area contributed by atoms with Gasteiger partial charge in [-0.25, -0.2) is 0 Å². The Morgan fingerprint density at radius 2 is 2.27 bits per heavy atom. The van der Waals surface area contributed by atoms with Gasteiger partial charge >= 0.3 is 0 Å². The van der Waals surface area contributed by atoms with E-state index in [0.717, 1.165) is 6.54 Å². The lowest BCUT2D eigenvalue weighted by molar-refractivity contribution is 0.583. The first kappa shape index (κ1) is 7.47. The molecule has 0 saturated carbocycles. The van der Waals surface area contributed by atoms with Crippen molar-refractivity contribution >= 4 is 17.8 Å². The van der Waals surface area contributed by atoms with Crippen molar-refractivity contribution in [1.82, 2.24) is 4.31 Å². The van der Waals surface area contributed by atoms with Crippen molar-refractivity contribution in [3.05, 3.63) is 0 Å². The lowest BCUT2D eigenvalue weighted by atomic mass is 10.2. The van der Waals surface area contributed by atoms with Crippen LogP contribution in [0.1, 0.15) is 25.7 Å². The van der Waals surface area contributed by atoms with Gasteiger partial charge in [0.15, 0.2) is 0 Å². The SMILES string of the molecule is C1CCC2=NCCCN2SC1. The number of rotatable bonds is 0. The van der Waals surface area contributed by atoms with Crippen molar-refractivity contribution in [2.75, 3.05) is 18.8 Å². The maximum absolute atomic E-state index is 4.53. The van der Waals surface area contributed by atoms with Gasteiger partial charge in [0.05, 0.1) is 0 Å². The average Bonchev–Trinajstić information content (AvgIpc) is 2.28. The number of amidine groups is 1. The smallest absolute Gasteiger partial charge is 0.109 e. The molecule has 0 radical (unpaired) electrons. The van der Waals surface area contributed by atoms with Gasteiger partial charge in [0.2, 0.25) is 0 Å². The van der Waals surface area contributed by atoms with Gasteiger partial charge in [-0.15, -0.1) is 0 Å². The summed E-state index contributed by atoms with van der Waals surface area (Å²) in [7, 11) is 0. The van der Waals surface area contributed by atoms with Crippen molar-refractivity contribution in [2.24, 2.45) is 4.99 Å². The lowest BCUT2D eigenvalue weighted by Gasteiger charge is -2.25. The number of aliphatic imine (C=N–C) groups is 1. The third kappa shape index (κ3) is 1.70. The number of fused-ring (bicyclic) bond motifs is 1. The highest BCUT2D eigenvalue weighted by Crippen LogP contribution is 2.23. The molecule has 0 atom stereocenters. The summed E-state index contributed by atoms with van der Waals surface area (Å²) in [6.07, 6.45) is 5.16. The quantitative estimate of drug-likeness (QED) is 0.516. The molecule has 0 aromatic rings. The molecule has 2 heterocycles. The van der Waals surface area contributed by atoms with E-state index in [-0.39, 0.29) is 0 Å². The summed E-state index contributed by atoms with van der Waals surface area (Å²) in [5, 5.41) is 0. The molecular formula is C8H14N2S. The summed E-state index contributed by atoms with van der Waals surface area (Å²) < 4.78 is 2.40. The van der Waals surface area contributed by atoms with Crippen LogP contribution in [-0.4, -0.2) is 29.0 Å².